The van der Waals surface area contributed by atoms with Gasteiger partial charge >= 0.3 is 0 Å². The zero-order valence-corrected chi connectivity index (χ0v) is 9.10. The standard InChI is InChI=1S/C9H12FNO2S/c1-7-8(10)5-4-6-9(7)14(12,13)11(2)3/h4-6H,1-3H3. The average Bonchev–Trinajstić information content (AvgIpc) is 2.09. The lowest BCUT2D eigenvalue weighted by atomic mass is 10.2. The van der Waals surface area contributed by atoms with Gasteiger partial charge in [0.05, 0.1) is 4.90 Å². The van der Waals surface area contributed by atoms with E-state index in [-0.39, 0.29) is 10.5 Å². The third kappa shape index (κ3) is 1.78. The maximum atomic E-state index is 13.1. The minimum absolute atomic E-state index is 0.0162. The van der Waals surface area contributed by atoms with Crippen LogP contribution in [-0.4, -0.2) is 26.8 Å². The molecule has 0 spiro atoms. The normalized spacial score (nSPS) is 12.1. The van der Waals surface area contributed by atoms with Crippen LogP contribution < -0.4 is 0 Å². The Bertz CT molecular complexity index is 440. The molecule has 0 saturated heterocycles. The first-order valence-corrected chi connectivity index (χ1v) is 5.49. The molecule has 0 unspecified atom stereocenters. The van der Waals surface area contributed by atoms with Gasteiger partial charge < -0.3 is 0 Å². The molecule has 0 atom stereocenters. The molecule has 78 valence electrons. The van der Waals surface area contributed by atoms with Crippen molar-refractivity contribution >= 4 is 10.0 Å². The lowest BCUT2D eigenvalue weighted by Crippen LogP contribution is -2.23. The van der Waals surface area contributed by atoms with Crippen LogP contribution in [0.1, 0.15) is 5.56 Å². The van der Waals surface area contributed by atoms with Crippen LogP contribution in [0, 0.1) is 12.7 Å². The third-order valence-electron chi connectivity index (χ3n) is 1.98. The summed E-state index contributed by atoms with van der Waals surface area (Å²) < 4.78 is 37.5. The molecule has 3 nitrogen and oxygen atoms in total. The molecule has 0 saturated carbocycles. The summed E-state index contributed by atoms with van der Waals surface area (Å²) in [6.07, 6.45) is 0. The zero-order chi connectivity index (χ0) is 10.9. The van der Waals surface area contributed by atoms with Gasteiger partial charge in [0.25, 0.3) is 0 Å². The van der Waals surface area contributed by atoms with Crippen molar-refractivity contribution in [1.29, 1.82) is 0 Å². The second kappa shape index (κ2) is 3.67. The largest absolute Gasteiger partial charge is 0.242 e. The van der Waals surface area contributed by atoms with Crippen LogP contribution in [-0.2, 0) is 10.0 Å². The third-order valence-corrected chi connectivity index (χ3v) is 3.94. The minimum Gasteiger partial charge on any atom is -0.207 e. The van der Waals surface area contributed by atoms with Crippen LogP contribution in [0.2, 0.25) is 0 Å². The van der Waals surface area contributed by atoms with Crippen molar-refractivity contribution in [2.24, 2.45) is 0 Å². The summed E-state index contributed by atoms with van der Waals surface area (Å²) in [5, 5.41) is 0. The molecular formula is C9H12FNO2S. The maximum Gasteiger partial charge on any atom is 0.242 e. The summed E-state index contributed by atoms with van der Waals surface area (Å²) >= 11 is 0. The van der Waals surface area contributed by atoms with Crippen LogP contribution in [0.5, 0.6) is 0 Å². The van der Waals surface area contributed by atoms with Crippen molar-refractivity contribution in [1.82, 2.24) is 4.31 Å². The highest BCUT2D eigenvalue weighted by atomic mass is 32.2. The maximum absolute atomic E-state index is 13.1. The first kappa shape index (κ1) is 11.1. The van der Waals surface area contributed by atoms with Crippen LogP contribution in [0.15, 0.2) is 23.1 Å². The Kier molecular flexibility index (Phi) is 2.92. The van der Waals surface area contributed by atoms with E-state index in [9.17, 15) is 12.8 Å². The van der Waals surface area contributed by atoms with E-state index in [4.69, 9.17) is 0 Å². The predicted molar refractivity (Wildman–Crippen MR) is 52.0 cm³/mol. The highest BCUT2D eigenvalue weighted by molar-refractivity contribution is 7.89. The van der Waals surface area contributed by atoms with Gasteiger partial charge in [-0.25, -0.2) is 17.1 Å². The molecular weight excluding hydrogens is 205 g/mol. The highest BCUT2D eigenvalue weighted by Crippen LogP contribution is 2.19. The quantitative estimate of drug-likeness (QED) is 0.750. The second-order valence-corrected chi connectivity index (χ2v) is 5.27. The molecule has 0 aliphatic heterocycles. The lowest BCUT2D eigenvalue weighted by Gasteiger charge is -2.13. The number of benzene rings is 1. The molecule has 0 aliphatic carbocycles. The van der Waals surface area contributed by atoms with Gasteiger partial charge in [0.15, 0.2) is 0 Å². The number of nitrogens with zero attached hydrogens (tertiary/aromatic N) is 1. The van der Waals surface area contributed by atoms with Gasteiger partial charge in [0.1, 0.15) is 5.82 Å². The van der Waals surface area contributed by atoms with Gasteiger partial charge in [-0.2, -0.15) is 0 Å². The van der Waals surface area contributed by atoms with Crippen molar-refractivity contribution < 1.29 is 12.8 Å². The Morgan fingerprint density at radius 2 is 1.86 bits per heavy atom. The Hall–Kier alpha value is -0.940. The molecule has 1 aromatic rings. The van der Waals surface area contributed by atoms with Crippen LogP contribution in [0.25, 0.3) is 0 Å². The lowest BCUT2D eigenvalue weighted by molar-refractivity contribution is 0.517. The number of hydrogen-bond donors (Lipinski definition) is 0. The number of hydrogen-bond acceptors (Lipinski definition) is 2. The van der Waals surface area contributed by atoms with E-state index in [2.05, 4.69) is 0 Å². The number of rotatable bonds is 2. The summed E-state index contributed by atoms with van der Waals surface area (Å²) in [6.45, 7) is 1.45. The molecule has 0 aromatic heterocycles. The van der Waals surface area contributed by atoms with E-state index < -0.39 is 15.8 Å². The SMILES string of the molecule is Cc1c(F)cccc1S(=O)(=O)N(C)C. The molecule has 0 aliphatic rings. The van der Waals surface area contributed by atoms with Crippen molar-refractivity contribution in [2.75, 3.05) is 14.1 Å². The van der Waals surface area contributed by atoms with Gasteiger partial charge in [-0.3, -0.25) is 0 Å². The first-order valence-electron chi connectivity index (χ1n) is 4.05. The van der Waals surface area contributed by atoms with Crippen LogP contribution >= 0.6 is 0 Å². The van der Waals surface area contributed by atoms with Crippen LogP contribution in [0.3, 0.4) is 0 Å². The van der Waals surface area contributed by atoms with Crippen molar-refractivity contribution in [3.05, 3.63) is 29.6 Å². The molecule has 5 heteroatoms. The smallest absolute Gasteiger partial charge is 0.207 e. The van der Waals surface area contributed by atoms with Crippen molar-refractivity contribution in [3.63, 3.8) is 0 Å². The van der Waals surface area contributed by atoms with E-state index in [0.717, 1.165) is 4.31 Å². The fourth-order valence-electron chi connectivity index (χ4n) is 1.06. The molecule has 0 heterocycles. The van der Waals surface area contributed by atoms with E-state index in [1.165, 1.54) is 39.2 Å². The highest BCUT2D eigenvalue weighted by Gasteiger charge is 2.20. The van der Waals surface area contributed by atoms with Gasteiger partial charge in [0, 0.05) is 19.7 Å². The molecule has 1 rings (SSSR count). The molecule has 0 radical (unpaired) electrons. The molecule has 0 amide bonds. The van der Waals surface area contributed by atoms with E-state index in [1.54, 1.807) is 0 Å². The minimum atomic E-state index is -3.54. The summed E-state index contributed by atoms with van der Waals surface area (Å²) in [4.78, 5) is 0.0162. The summed E-state index contributed by atoms with van der Waals surface area (Å²) in [6, 6.07) is 4.02. The Morgan fingerprint density at radius 1 is 1.29 bits per heavy atom. The summed E-state index contributed by atoms with van der Waals surface area (Å²) in [5.74, 6) is -0.507. The molecule has 1 aromatic carbocycles. The first-order chi connectivity index (χ1) is 6.37. The van der Waals surface area contributed by atoms with E-state index in [0.29, 0.717) is 0 Å². The fraction of sp³-hybridized carbons (Fsp3) is 0.333. The second-order valence-electron chi connectivity index (χ2n) is 3.15. The number of halogens is 1. The van der Waals surface area contributed by atoms with Gasteiger partial charge in [0.2, 0.25) is 10.0 Å². The van der Waals surface area contributed by atoms with Gasteiger partial charge in [-0.1, -0.05) is 6.07 Å². The molecule has 0 bridgehead atoms. The summed E-state index contributed by atoms with van der Waals surface area (Å²) in [5.41, 5.74) is 0.154. The van der Waals surface area contributed by atoms with Crippen LogP contribution in [0.4, 0.5) is 4.39 Å². The monoisotopic (exact) mass is 217 g/mol. The van der Waals surface area contributed by atoms with Crippen molar-refractivity contribution in [3.8, 4) is 0 Å². The fourth-order valence-corrected chi connectivity index (χ4v) is 2.19. The molecule has 0 fully saturated rings. The Balaban J connectivity index is 3.42. The van der Waals surface area contributed by atoms with E-state index >= 15 is 0 Å². The summed E-state index contributed by atoms with van der Waals surface area (Å²) in [7, 11) is -0.704. The number of sulfonamides is 1. The Morgan fingerprint density at radius 3 is 2.36 bits per heavy atom. The van der Waals surface area contributed by atoms with Gasteiger partial charge in [-0.05, 0) is 19.1 Å². The average molecular weight is 217 g/mol. The van der Waals surface area contributed by atoms with Crippen molar-refractivity contribution in [2.45, 2.75) is 11.8 Å². The molecule has 14 heavy (non-hydrogen) atoms. The Labute approximate surface area is 83.2 Å². The molecule has 0 N–H and O–H groups in total. The van der Waals surface area contributed by atoms with E-state index in [1.807, 2.05) is 0 Å². The predicted octanol–water partition coefficient (Wildman–Crippen LogP) is 1.38. The zero-order valence-electron chi connectivity index (χ0n) is 8.28. The topological polar surface area (TPSA) is 37.4 Å². The van der Waals surface area contributed by atoms with Gasteiger partial charge in [-0.15, -0.1) is 0 Å².